The highest BCUT2D eigenvalue weighted by atomic mass is 127. The van der Waals surface area contributed by atoms with E-state index in [-0.39, 0.29) is 11.9 Å². The van der Waals surface area contributed by atoms with Gasteiger partial charge in [-0.05, 0) is 65.9 Å². The van der Waals surface area contributed by atoms with Crippen LogP contribution in [0.4, 0.5) is 0 Å². The number of nitrogens with zero attached hydrogens (tertiary/aromatic N) is 2. The molecule has 4 heteroatoms. The van der Waals surface area contributed by atoms with E-state index in [1.54, 1.807) is 0 Å². The van der Waals surface area contributed by atoms with Gasteiger partial charge < -0.3 is 9.47 Å². The van der Waals surface area contributed by atoms with Gasteiger partial charge in [-0.2, -0.15) is 0 Å². The Labute approximate surface area is 126 Å². The summed E-state index contributed by atoms with van der Waals surface area (Å²) in [7, 11) is 0. The number of benzene rings is 1. The molecule has 1 aliphatic heterocycles. The van der Waals surface area contributed by atoms with Crippen LogP contribution in [0.15, 0.2) is 42.6 Å². The van der Waals surface area contributed by atoms with Gasteiger partial charge in [0.2, 0.25) is 0 Å². The van der Waals surface area contributed by atoms with Crippen LogP contribution in [0.2, 0.25) is 0 Å². The van der Waals surface area contributed by atoms with Gasteiger partial charge in [0.15, 0.2) is 0 Å². The summed E-state index contributed by atoms with van der Waals surface area (Å²) in [5, 5.41) is 0. The van der Waals surface area contributed by atoms with Crippen molar-refractivity contribution in [1.82, 2.24) is 9.47 Å². The number of carbonyl (C=O) groups excluding carboxylic acids is 1. The van der Waals surface area contributed by atoms with E-state index in [1.807, 2.05) is 35.2 Å². The maximum absolute atomic E-state index is 12.6. The average Bonchev–Trinajstić information content (AvgIpc) is 2.88. The van der Waals surface area contributed by atoms with Gasteiger partial charge in [0.05, 0.1) is 6.04 Å². The fourth-order valence-corrected chi connectivity index (χ4v) is 2.97. The summed E-state index contributed by atoms with van der Waals surface area (Å²) in [4.78, 5) is 14.5. The van der Waals surface area contributed by atoms with Gasteiger partial charge in [-0.1, -0.05) is 0 Å². The Bertz CT molecular complexity index is 603. The van der Waals surface area contributed by atoms with Gasteiger partial charge in [-0.25, -0.2) is 0 Å². The van der Waals surface area contributed by atoms with Crippen LogP contribution >= 0.6 is 22.6 Å². The highest BCUT2D eigenvalue weighted by Gasteiger charge is 2.27. The molecule has 1 atom stereocenters. The number of aromatic nitrogens is 1. The third-order valence-electron chi connectivity index (χ3n) is 3.69. The second-order valence-electron chi connectivity index (χ2n) is 4.81. The van der Waals surface area contributed by atoms with Crippen LogP contribution in [0.25, 0.3) is 0 Å². The van der Waals surface area contributed by atoms with E-state index in [0.717, 1.165) is 22.2 Å². The minimum absolute atomic E-state index is 0.122. The SMILES string of the molecule is CC1c2cccn2CCN1C(=O)c1ccc(I)cc1. The second-order valence-corrected chi connectivity index (χ2v) is 6.05. The monoisotopic (exact) mass is 366 g/mol. The van der Waals surface area contributed by atoms with Crippen molar-refractivity contribution in [3.63, 3.8) is 0 Å². The molecular weight excluding hydrogens is 351 g/mol. The Hall–Kier alpha value is -1.30. The first-order valence-corrected chi connectivity index (χ1v) is 7.46. The third kappa shape index (κ3) is 2.29. The molecule has 2 aromatic rings. The minimum Gasteiger partial charge on any atom is -0.348 e. The van der Waals surface area contributed by atoms with Crippen LogP contribution in [0.3, 0.4) is 0 Å². The largest absolute Gasteiger partial charge is 0.348 e. The molecule has 1 aromatic carbocycles. The lowest BCUT2D eigenvalue weighted by molar-refractivity contribution is 0.0644. The highest BCUT2D eigenvalue weighted by Crippen LogP contribution is 2.26. The Morgan fingerprint density at radius 3 is 2.68 bits per heavy atom. The molecular formula is C15H15IN2O. The van der Waals surface area contributed by atoms with Crippen molar-refractivity contribution in [2.24, 2.45) is 0 Å². The zero-order chi connectivity index (χ0) is 13.4. The zero-order valence-corrected chi connectivity index (χ0v) is 12.9. The van der Waals surface area contributed by atoms with Gasteiger partial charge >= 0.3 is 0 Å². The Kier molecular flexibility index (Phi) is 3.35. The molecule has 1 amide bonds. The molecule has 3 rings (SSSR count). The van der Waals surface area contributed by atoms with Crippen LogP contribution in [0.5, 0.6) is 0 Å². The van der Waals surface area contributed by atoms with Gasteiger partial charge in [-0.3, -0.25) is 4.79 Å². The smallest absolute Gasteiger partial charge is 0.254 e. The van der Waals surface area contributed by atoms with Crippen LogP contribution in [-0.2, 0) is 6.54 Å². The number of fused-ring (bicyclic) bond motifs is 1. The van der Waals surface area contributed by atoms with Gasteiger partial charge in [-0.15, -0.1) is 0 Å². The van der Waals surface area contributed by atoms with Gasteiger partial charge in [0.1, 0.15) is 0 Å². The molecule has 0 bridgehead atoms. The molecule has 0 radical (unpaired) electrons. The van der Waals surface area contributed by atoms with E-state index < -0.39 is 0 Å². The number of halogens is 1. The maximum atomic E-state index is 12.6. The quantitative estimate of drug-likeness (QED) is 0.711. The van der Waals surface area contributed by atoms with Crippen molar-refractivity contribution in [3.8, 4) is 0 Å². The van der Waals surface area contributed by atoms with E-state index in [9.17, 15) is 4.79 Å². The van der Waals surface area contributed by atoms with Crippen LogP contribution in [0, 0.1) is 3.57 Å². The Balaban J connectivity index is 1.87. The van der Waals surface area contributed by atoms with E-state index in [4.69, 9.17) is 0 Å². The van der Waals surface area contributed by atoms with E-state index in [2.05, 4.69) is 46.3 Å². The fourth-order valence-electron chi connectivity index (χ4n) is 2.61. The number of amides is 1. The lowest BCUT2D eigenvalue weighted by atomic mass is 10.1. The Morgan fingerprint density at radius 2 is 1.95 bits per heavy atom. The summed E-state index contributed by atoms with van der Waals surface area (Å²) in [6.07, 6.45) is 2.08. The molecule has 0 saturated carbocycles. The van der Waals surface area contributed by atoms with E-state index in [0.29, 0.717) is 0 Å². The summed E-state index contributed by atoms with van der Waals surface area (Å²) < 4.78 is 3.37. The molecule has 19 heavy (non-hydrogen) atoms. The fraction of sp³-hybridized carbons (Fsp3) is 0.267. The van der Waals surface area contributed by atoms with Crippen LogP contribution < -0.4 is 0 Å². The van der Waals surface area contributed by atoms with Crippen molar-refractivity contribution < 1.29 is 4.79 Å². The third-order valence-corrected chi connectivity index (χ3v) is 4.41. The number of rotatable bonds is 1. The van der Waals surface area contributed by atoms with Crippen molar-refractivity contribution in [1.29, 1.82) is 0 Å². The van der Waals surface area contributed by atoms with Crippen LogP contribution in [0.1, 0.15) is 29.0 Å². The summed E-state index contributed by atoms with van der Waals surface area (Å²) in [6, 6.07) is 12.0. The maximum Gasteiger partial charge on any atom is 0.254 e. The minimum atomic E-state index is 0.122. The number of hydrogen-bond acceptors (Lipinski definition) is 1. The summed E-state index contributed by atoms with van der Waals surface area (Å²) in [5.74, 6) is 0.122. The van der Waals surface area contributed by atoms with Gasteiger partial charge in [0, 0.05) is 34.1 Å². The highest BCUT2D eigenvalue weighted by molar-refractivity contribution is 14.1. The van der Waals surface area contributed by atoms with Gasteiger partial charge in [0.25, 0.3) is 5.91 Å². The lowest BCUT2D eigenvalue weighted by Gasteiger charge is -2.35. The van der Waals surface area contributed by atoms with Crippen molar-refractivity contribution in [2.45, 2.75) is 19.5 Å². The summed E-state index contributed by atoms with van der Waals surface area (Å²) in [5.41, 5.74) is 1.98. The summed E-state index contributed by atoms with van der Waals surface area (Å²) in [6.45, 7) is 3.74. The van der Waals surface area contributed by atoms with Crippen molar-refractivity contribution in [2.75, 3.05) is 6.54 Å². The van der Waals surface area contributed by atoms with E-state index in [1.165, 1.54) is 5.69 Å². The Morgan fingerprint density at radius 1 is 1.21 bits per heavy atom. The zero-order valence-electron chi connectivity index (χ0n) is 10.7. The predicted octanol–water partition coefficient (Wildman–Crippen LogP) is 3.31. The van der Waals surface area contributed by atoms with Crippen molar-refractivity contribution in [3.05, 3.63) is 57.4 Å². The van der Waals surface area contributed by atoms with E-state index >= 15 is 0 Å². The molecule has 0 spiro atoms. The number of carbonyl (C=O) groups is 1. The second kappa shape index (κ2) is 5.00. The first kappa shape index (κ1) is 12.7. The first-order valence-electron chi connectivity index (χ1n) is 6.38. The first-order chi connectivity index (χ1) is 9.16. The van der Waals surface area contributed by atoms with Crippen molar-refractivity contribution >= 4 is 28.5 Å². The molecule has 98 valence electrons. The normalized spacial score (nSPS) is 18.2. The number of hydrogen-bond donors (Lipinski definition) is 0. The molecule has 0 aliphatic carbocycles. The summed E-state index contributed by atoms with van der Waals surface area (Å²) >= 11 is 2.25. The molecule has 2 heterocycles. The molecule has 1 unspecified atom stereocenters. The standard InChI is InChI=1S/C15H15IN2O/c1-11-14-3-2-8-17(14)9-10-18(11)15(19)12-4-6-13(16)7-5-12/h2-8,11H,9-10H2,1H3. The predicted molar refractivity (Wildman–Crippen MR) is 83.0 cm³/mol. The molecule has 1 aliphatic rings. The topological polar surface area (TPSA) is 25.2 Å². The molecule has 1 aromatic heterocycles. The molecule has 0 N–H and O–H groups in total. The average molecular weight is 366 g/mol. The molecule has 0 fully saturated rings. The molecule has 3 nitrogen and oxygen atoms in total. The molecule has 0 saturated heterocycles. The lowest BCUT2D eigenvalue weighted by Crippen LogP contribution is -2.40. The van der Waals surface area contributed by atoms with Crippen LogP contribution in [-0.4, -0.2) is 21.9 Å².